The standard InChI is InChI=1S/C13H21N3O2S/c1-4-5-16-13(17)12-10(14)8-11(19-12)15-6-7-18-9(2)3/h4,8-9,15H,1,5-7,14H2,2-3H3,(H,16,17). The van der Waals surface area contributed by atoms with E-state index < -0.39 is 0 Å². The van der Waals surface area contributed by atoms with Crippen LogP contribution >= 0.6 is 11.3 Å². The highest BCUT2D eigenvalue weighted by Gasteiger charge is 2.13. The monoisotopic (exact) mass is 283 g/mol. The Bertz CT molecular complexity index is 430. The van der Waals surface area contributed by atoms with Crippen molar-refractivity contribution in [2.24, 2.45) is 0 Å². The molecule has 6 heteroatoms. The number of rotatable bonds is 8. The summed E-state index contributed by atoms with van der Waals surface area (Å²) in [4.78, 5) is 12.3. The van der Waals surface area contributed by atoms with Crippen LogP contribution in [0.15, 0.2) is 18.7 Å². The van der Waals surface area contributed by atoms with Crippen LogP contribution in [0, 0.1) is 0 Å². The number of nitrogens with one attached hydrogen (secondary N) is 2. The maximum Gasteiger partial charge on any atom is 0.263 e. The van der Waals surface area contributed by atoms with Crippen molar-refractivity contribution in [1.29, 1.82) is 0 Å². The molecular formula is C13H21N3O2S. The van der Waals surface area contributed by atoms with E-state index in [0.29, 0.717) is 30.3 Å². The van der Waals surface area contributed by atoms with Crippen molar-refractivity contribution in [1.82, 2.24) is 5.32 Å². The number of carbonyl (C=O) groups excluding carboxylic acids is 1. The normalized spacial score (nSPS) is 10.5. The van der Waals surface area contributed by atoms with Gasteiger partial charge in [0, 0.05) is 13.1 Å². The Balaban J connectivity index is 2.49. The summed E-state index contributed by atoms with van der Waals surface area (Å²) in [5.74, 6) is -0.172. The van der Waals surface area contributed by atoms with E-state index in [0.717, 1.165) is 5.00 Å². The van der Waals surface area contributed by atoms with Gasteiger partial charge in [0.2, 0.25) is 0 Å². The maximum atomic E-state index is 11.8. The summed E-state index contributed by atoms with van der Waals surface area (Å²) >= 11 is 1.34. The molecule has 0 radical (unpaired) electrons. The molecule has 0 spiro atoms. The number of ether oxygens (including phenoxy) is 1. The van der Waals surface area contributed by atoms with Crippen LogP contribution in [-0.4, -0.2) is 31.7 Å². The van der Waals surface area contributed by atoms with Gasteiger partial charge in [-0.25, -0.2) is 0 Å². The van der Waals surface area contributed by atoms with Gasteiger partial charge in [0.1, 0.15) is 4.88 Å². The molecule has 0 saturated carbocycles. The molecule has 1 aromatic heterocycles. The molecule has 5 nitrogen and oxygen atoms in total. The topological polar surface area (TPSA) is 76.4 Å². The Kier molecular flexibility index (Phi) is 6.38. The van der Waals surface area contributed by atoms with E-state index in [1.54, 1.807) is 12.1 Å². The molecule has 0 aliphatic heterocycles. The van der Waals surface area contributed by atoms with Crippen LogP contribution in [0.25, 0.3) is 0 Å². The van der Waals surface area contributed by atoms with Gasteiger partial charge in [-0.1, -0.05) is 6.08 Å². The molecule has 1 aromatic rings. The van der Waals surface area contributed by atoms with Crippen molar-refractivity contribution in [2.75, 3.05) is 30.7 Å². The molecule has 0 atom stereocenters. The molecule has 0 bridgehead atoms. The number of nitrogens with two attached hydrogens (primary N) is 1. The minimum absolute atomic E-state index is 0.172. The fraction of sp³-hybridized carbons (Fsp3) is 0.462. The first kappa shape index (κ1) is 15.5. The lowest BCUT2D eigenvalue weighted by Crippen LogP contribution is -2.22. The van der Waals surface area contributed by atoms with Crippen LogP contribution in [0.2, 0.25) is 0 Å². The van der Waals surface area contributed by atoms with Gasteiger partial charge in [0.15, 0.2) is 0 Å². The van der Waals surface area contributed by atoms with E-state index in [1.165, 1.54) is 11.3 Å². The Labute approximate surface area is 117 Å². The van der Waals surface area contributed by atoms with Gasteiger partial charge in [-0.15, -0.1) is 17.9 Å². The molecule has 106 valence electrons. The highest BCUT2D eigenvalue weighted by molar-refractivity contribution is 7.18. The molecule has 0 saturated heterocycles. The number of hydrogen-bond acceptors (Lipinski definition) is 5. The Morgan fingerprint density at radius 3 is 3.00 bits per heavy atom. The zero-order valence-corrected chi connectivity index (χ0v) is 12.2. The second kappa shape index (κ2) is 7.81. The van der Waals surface area contributed by atoms with Crippen molar-refractivity contribution in [2.45, 2.75) is 20.0 Å². The minimum atomic E-state index is -0.172. The Hall–Kier alpha value is -1.53. The zero-order chi connectivity index (χ0) is 14.3. The third-order valence-electron chi connectivity index (χ3n) is 2.23. The molecule has 0 unspecified atom stereocenters. The van der Waals surface area contributed by atoms with Crippen molar-refractivity contribution < 1.29 is 9.53 Å². The molecule has 1 heterocycles. The highest BCUT2D eigenvalue weighted by Crippen LogP contribution is 2.28. The molecule has 0 aliphatic carbocycles. The SMILES string of the molecule is C=CCNC(=O)c1sc(NCCOC(C)C)cc1N. The molecule has 19 heavy (non-hydrogen) atoms. The quantitative estimate of drug-likeness (QED) is 0.504. The van der Waals surface area contributed by atoms with Gasteiger partial charge in [0.05, 0.1) is 23.4 Å². The first-order chi connectivity index (χ1) is 9.04. The predicted octanol–water partition coefficient (Wildman–Crippen LogP) is 2.08. The van der Waals surface area contributed by atoms with E-state index >= 15 is 0 Å². The lowest BCUT2D eigenvalue weighted by Gasteiger charge is -2.07. The number of nitrogen functional groups attached to an aromatic ring is 1. The first-order valence-electron chi connectivity index (χ1n) is 6.18. The molecule has 4 N–H and O–H groups in total. The van der Waals surface area contributed by atoms with E-state index in [2.05, 4.69) is 17.2 Å². The van der Waals surface area contributed by atoms with E-state index in [4.69, 9.17) is 10.5 Å². The van der Waals surface area contributed by atoms with Crippen LogP contribution < -0.4 is 16.4 Å². The summed E-state index contributed by atoms with van der Waals surface area (Å²) in [6.07, 6.45) is 1.85. The lowest BCUT2D eigenvalue weighted by molar-refractivity contribution is 0.0871. The summed E-state index contributed by atoms with van der Waals surface area (Å²) in [6, 6.07) is 1.77. The Morgan fingerprint density at radius 2 is 2.37 bits per heavy atom. The van der Waals surface area contributed by atoms with Crippen LogP contribution in [-0.2, 0) is 4.74 Å². The Morgan fingerprint density at radius 1 is 1.63 bits per heavy atom. The van der Waals surface area contributed by atoms with Crippen molar-refractivity contribution in [3.05, 3.63) is 23.6 Å². The predicted molar refractivity (Wildman–Crippen MR) is 80.8 cm³/mol. The fourth-order valence-corrected chi connectivity index (χ4v) is 2.31. The third kappa shape index (κ3) is 5.32. The summed E-state index contributed by atoms with van der Waals surface area (Å²) in [5.41, 5.74) is 6.30. The van der Waals surface area contributed by atoms with Crippen molar-refractivity contribution >= 4 is 27.9 Å². The van der Waals surface area contributed by atoms with Crippen LogP contribution in [0.3, 0.4) is 0 Å². The molecule has 0 aliphatic rings. The molecule has 1 amide bonds. The largest absolute Gasteiger partial charge is 0.397 e. The second-order valence-corrected chi connectivity index (χ2v) is 5.29. The number of amides is 1. The zero-order valence-electron chi connectivity index (χ0n) is 11.4. The number of hydrogen-bond donors (Lipinski definition) is 3. The first-order valence-corrected chi connectivity index (χ1v) is 7.00. The van der Waals surface area contributed by atoms with E-state index in [1.807, 2.05) is 13.8 Å². The maximum absolute atomic E-state index is 11.8. The smallest absolute Gasteiger partial charge is 0.263 e. The molecule has 0 fully saturated rings. The summed E-state index contributed by atoms with van der Waals surface area (Å²) < 4.78 is 5.42. The number of thiophene rings is 1. The van der Waals surface area contributed by atoms with E-state index in [9.17, 15) is 4.79 Å². The van der Waals surface area contributed by atoms with Gasteiger partial charge in [-0.3, -0.25) is 4.79 Å². The van der Waals surface area contributed by atoms with Gasteiger partial charge in [-0.05, 0) is 19.9 Å². The molecular weight excluding hydrogens is 262 g/mol. The second-order valence-electron chi connectivity index (χ2n) is 4.24. The van der Waals surface area contributed by atoms with E-state index in [-0.39, 0.29) is 12.0 Å². The van der Waals surface area contributed by atoms with Crippen LogP contribution in [0.4, 0.5) is 10.7 Å². The van der Waals surface area contributed by atoms with Crippen molar-refractivity contribution in [3.63, 3.8) is 0 Å². The average Bonchev–Trinajstić information content (AvgIpc) is 2.73. The summed E-state index contributed by atoms with van der Waals surface area (Å²) in [7, 11) is 0. The summed E-state index contributed by atoms with van der Waals surface area (Å²) in [5, 5.41) is 6.76. The average molecular weight is 283 g/mol. The summed E-state index contributed by atoms with van der Waals surface area (Å²) in [6.45, 7) is 9.27. The highest BCUT2D eigenvalue weighted by atomic mass is 32.1. The van der Waals surface area contributed by atoms with Gasteiger partial charge in [0.25, 0.3) is 5.91 Å². The number of anilines is 2. The molecule has 1 rings (SSSR count). The fourth-order valence-electron chi connectivity index (χ4n) is 1.38. The minimum Gasteiger partial charge on any atom is -0.397 e. The number of carbonyl (C=O) groups is 1. The van der Waals surface area contributed by atoms with Crippen LogP contribution in [0.5, 0.6) is 0 Å². The van der Waals surface area contributed by atoms with Gasteiger partial charge in [-0.2, -0.15) is 0 Å². The van der Waals surface area contributed by atoms with Crippen molar-refractivity contribution in [3.8, 4) is 0 Å². The lowest BCUT2D eigenvalue weighted by atomic mass is 10.3. The van der Waals surface area contributed by atoms with Crippen LogP contribution in [0.1, 0.15) is 23.5 Å². The van der Waals surface area contributed by atoms with Gasteiger partial charge >= 0.3 is 0 Å². The molecule has 0 aromatic carbocycles. The third-order valence-corrected chi connectivity index (χ3v) is 3.33. The van der Waals surface area contributed by atoms with Gasteiger partial charge < -0.3 is 21.1 Å².